The Bertz CT molecular complexity index is 68.8. The molecule has 0 aromatic heterocycles. The van der Waals surface area contributed by atoms with Gasteiger partial charge in [-0.3, -0.25) is 0 Å². The van der Waals surface area contributed by atoms with Crippen molar-refractivity contribution in [3.8, 4) is 0 Å². The lowest BCUT2D eigenvalue weighted by Gasteiger charge is -2.23. The molecule has 1 rings (SSSR count). The highest BCUT2D eigenvalue weighted by Gasteiger charge is 2.13. The van der Waals surface area contributed by atoms with E-state index in [2.05, 4.69) is 0 Å². The Morgan fingerprint density at radius 1 is 1.62 bits per heavy atom. The van der Waals surface area contributed by atoms with E-state index >= 15 is 0 Å². The van der Waals surface area contributed by atoms with Gasteiger partial charge in [0.25, 0.3) is 0 Å². The fourth-order valence-corrected chi connectivity index (χ4v) is 1.26. The van der Waals surface area contributed by atoms with Gasteiger partial charge in [0, 0.05) is 19.1 Å². The highest BCUT2D eigenvalue weighted by atomic mass is 35.5. The van der Waals surface area contributed by atoms with Crippen molar-refractivity contribution in [1.82, 2.24) is 4.42 Å². The Kier molecular flexibility index (Phi) is 2.11. The second-order valence-corrected chi connectivity index (χ2v) is 2.75. The summed E-state index contributed by atoms with van der Waals surface area (Å²) in [6, 6.07) is 0.307. The van der Waals surface area contributed by atoms with Gasteiger partial charge in [-0.25, -0.2) is 4.42 Å². The van der Waals surface area contributed by atoms with Crippen molar-refractivity contribution in [3.05, 3.63) is 0 Å². The van der Waals surface area contributed by atoms with Crippen LogP contribution in [-0.4, -0.2) is 23.6 Å². The molecule has 1 aliphatic heterocycles. The van der Waals surface area contributed by atoms with Gasteiger partial charge in [-0.1, -0.05) is 0 Å². The molecule has 48 valence electrons. The minimum absolute atomic E-state index is 0.307. The molecule has 2 nitrogen and oxygen atoms in total. The van der Waals surface area contributed by atoms with Crippen LogP contribution in [0.5, 0.6) is 0 Å². The molecule has 1 atom stereocenters. The third-order valence-corrected chi connectivity index (χ3v) is 1.72. The second-order valence-electron chi connectivity index (χ2n) is 2.27. The summed E-state index contributed by atoms with van der Waals surface area (Å²) in [4.78, 5) is 0. The minimum Gasteiger partial charge on any atom is -0.326 e. The molecule has 0 aromatic carbocycles. The number of hydrogen-bond acceptors (Lipinski definition) is 2. The van der Waals surface area contributed by atoms with Crippen LogP contribution in [0, 0.1) is 0 Å². The molecule has 3 heteroatoms. The summed E-state index contributed by atoms with van der Waals surface area (Å²) in [5, 5.41) is 0. The maximum atomic E-state index is 5.66. The number of nitrogens with two attached hydrogens (primary N) is 1. The van der Waals surface area contributed by atoms with Crippen molar-refractivity contribution in [1.29, 1.82) is 0 Å². The second kappa shape index (κ2) is 2.67. The lowest BCUT2D eigenvalue weighted by atomic mass is 10.1. The molecule has 0 aliphatic carbocycles. The summed E-state index contributed by atoms with van der Waals surface area (Å²) in [6.45, 7) is 1.84. The zero-order chi connectivity index (χ0) is 5.98. The molecular weight excluding hydrogens is 124 g/mol. The van der Waals surface area contributed by atoms with Crippen LogP contribution in [0.15, 0.2) is 0 Å². The Morgan fingerprint density at radius 3 is 2.75 bits per heavy atom. The summed E-state index contributed by atoms with van der Waals surface area (Å²) in [6.07, 6.45) is 2.27. The SMILES string of the molecule is N[C@@H]1CCCN(Cl)C1. The lowest BCUT2D eigenvalue weighted by Crippen LogP contribution is -2.37. The smallest absolute Gasteiger partial charge is 0.0290 e. The normalized spacial score (nSPS) is 33.0. The highest BCUT2D eigenvalue weighted by molar-refractivity contribution is 6.13. The van der Waals surface area contributed by atoms with E-state index in [1.165, 1.54) is 0 Å². The summed E-state index contributed by atoms with van der Waals surface area (Å²) in [7, 11) is 0. The molecule has 0 saturated carbocycles. The molecule has 1 fully saturated rings. The summed E-state index contributed by atoms with van der Waals surface area (Å²) in [5.41, 5.74) is 5.60. The van der Waals surface area contributed by atoms with Crippen LogP contribution in [0.25, 0.3) is 0 Å². The summed E-state index contributed by atoms with van der Waals surface area (Å²) in [5.74, 6) is 0. The van der Waals surface area contributed by atoms with Gasteiger partial charge in [0.1, 0.15) is 0 Å². The van der Waals surface area contributed by atoms with Gasteiger partial charge in [-0.05, 0) is 24.6 Å². The molecule has 0 radical (unpaired) electrons. The van der Waals surface area contributed by atoms with Crippen molar-refractivity contribution < 1.29 is 0 Å². The zero-order valence-corrected chi connectivity index (χ0v) is 5.56. The fraction of sp³-hybridized carbons (Fsp3) is 1.00. The van der Waals surface area contributed by atoms with Gasteiger partial charge in [-0.2, -0.15) is 0 Å². The monoisotopic (exact) mass is 134 g/mol. The molecule has 2 N–H and O–H groups in total. The number of piperidine rings is 1. The number of rotatable bonds is 0. The number of nitrogens with zero attached hydrogens (tertiary/aromatic N) is 1. The highest BCUT2D eigenvalue weighted by Crippen LogP contribution is 2.08. The maximum Gasteiger partial charge on any atom is 0.0290 e. The Balaban J connectivity index is 2.23. The van der Waals surface area contributed by atoms with E-state index in [0.717, 1.165) is 25.9 Å². The Morgan fingerprint density at radius 2 is 2.38 bits per heavy atom. The maximum absolute atomic E-state index is 5.66. The van der Waals surface area contributed by atoms with Crippen LogP contribution in [0.3, 0.4) is 0 Å². The van der Waals surface area contributed by atoms with E-state index in [9.17, 15) is 0 Å². The Hall–Kier alpha value is 0.210. The van der Waals surface area contributed by atoms with Crippen molar-refractivity contribution in [3.63, 3.8) is 0 Å². The van der Waals surface area contributed by atoms with Gasteiger partial charge in [0.05, 0.1) is 0 Å². The molecule has 8 heavy (non-hydrogen) atoms. The molecule has 0 amide bonds. The van der Waals surface area contributed by atoms with E-state index in [1.807, 2.05) is 0 Å². The van der Waals surface area contributed by atoms with Crippen molar-refractivity contribution >= 4 is 11.8 Å². The first-order valence-corrected chi connectivity index (χ1v) is 3.29. The number of hydrogen-bond donors (Lipinski definition) is 1. The third kappa shape index (κ3) is 1.62. The van der Waals surface area contributed by atoms with Gasteiger partial charge in [-0.15, -0.1) is 0 Å². The molecule has 0 aromatic rings. The fourth-order valence-electron chi connectivity index (χ4n) is 0.962. The van der Waals surface area contributed by atoms with Gasteiger partial charge < -0.3 is 5.73 Å². The van der Waals surface area contributed by atoms with Crippen molar-refractivity contribution in [2.45, 2.75) is 18.9 Å². The average molecular weight is 135 g/mol. The van der Waals surface area contributed by atoms with Crippen molar-refractivity contribution in [2.24, 2.45) is 5.73 Å². The largest absolute Gasteiger partial charge is 0.326 e. The summed E-state index contributed by atoms with van der Waals surface area (Å²) < 4.78 is 1.76. The number of halogens is 1. The van der Waals surface area contributed by atoms with Crippen LogP contribution < -0.4 is 5.73 Å². The quantitative estimate of drug-likeness (QED) is 0.491. The van der Waals surface area contributed by atoms with E-state index in [4.69, 9.17) is 17.5 Å². The first-order chi connectivity index (χ1) is 3.79. The average Bonchev–Trinajstić information content (AvgIpc) is 1.64. The van der Waals surface area contributed by atoms with Crippen LogP contribution in [0.2, 0.25) is 0 Å². The molecule has 1 aliphatic rings. The molecule has 0 bridgehead atoms. The van der Waals surface area contributed by atoms with E-state index < -0.39 is 0 Å². The van der Waals surface area contributed by atoms with Crippen LogP contribution in [0.1, 0.15) is 12.8 Å². The molecule has 0 unspecified atom stereocenters. The van der Waals surface area contributed by atoms with Crippen LogP contribution in [0.4, 0.5) is 0 Å². The van der Waals surface area contributed by atoms with Gasteiger partial charge >= 0.3 is 0 Å². The topological polar surface area (TPSA) is 29.3 Å². The Labute approximate surface area is 54.7 Å². The molecular formula is C5H11ClN2. The first-order valence-electron chi connectivity index (χ1n) is 2.95. The van der Waals surface area contributed by atoms with E-state index in [0.29, 0.717) is 6.04 Å². The minimum atomic E-state index is 0.307. The third-order valence-electron chi connectivity index (χ3n) is 1.41. The van der Waals surface area contributed by atoms with Crippen molar-refractivity contribution in [2.75, 3.05) is 13.1 Å². The predicted molar refractivity (Wildman–Crippen MR) is 34.6 cm³/mol. The first kappa shape index (κ1) is 6.33. The van der Waals surface area contributed by atoms with Gasteiger partial charge in [0.15, 0.2) is 0 Å². The van der Waals surface area contributed by atoms with Gasteiger partial charge in [0.2, 0.25) is 0 Å². The zero-order valence-electron chi connectivity index (χ0n) is 4.81. The predicted octanol–water partition coefficient (Wildman–Crippen LogP) is 0.563. The van der Waals surface area contributed by atoms with Crippen LogP contribution >= 0.6 is 11.8 Å². The van der Waals surface area contributed by atoms with E-state index in [-0.39, 0.29) is 0 Å². The van der Waals surface area contributed by atoms with Crippen LogP contribution in [-0.2, 0) is 0 Å². The van der Waals surface area contributed by atoms with E-state index in [1.54, 1.807) is 4.42 Å². The lowest BCUT2D eigenvalue weighted by molar-refractivity contribution is 0.332. The molecule has 0 spiro atoms. The molecule has 1 heterocycles. The summed E-state index contributed by atoms with van der Waals surface area (Å²) >= 11 is 5.66. The molecule has 1 saturated heterocycles. The standard InChI is InChI=1S/C5H11ClN2/c6-8-3-1-2-5(7)4-8/h5H,1-4,7H2/t5-/m1/s1.